The topological polar surface area (TPSA) is 12.0 Å². The van der Waals surface area contributed by atoms with Gasteiger partial charge >= 0.3 is 0 Å². The van der Waals surface area contributed by atoms with Crippen LogP contribution in [-0.2, 0) is 0 Å². The van der Waals surface area contributed by atoms with E-state index in [4.69, 9.17) is 0 Å². The van der Waals surface area contributed by atoms with Gasteiger partial charge in [0.15, 0.2) is 0 Å². The van der Waals surface area contributed by atoms with Gasteiger partial charge in [0, 0.05) is 0 Å². The van der Waals surface area contributed by atoms with E-state index in [1.807, 2.05) is 0 Å². The quantitative estimate of drug-likeness (QED) is 0.394. The SMILES string of the molecule is CCCCCCCCCCC(CNCC)CC(C)C. The van der Waals surface area contributed by atoms with Gasteiger partial charge in [0.1, 0.15) is 0 Å². The van der Waals surface area contributed by atoms with E-state index in [0.29, 0.717) is 0 Å². The molecule has 1 unspecified atom stereocenters. The Labute approximate surface area is 122 Å². The fourth-order valence-electron chi connectivity index (χ4n) is 2.89. The van der Waals surface area contributed by atoms with Crippen molar-refractivity contribution in [2.24, 2.45) is 11.8 Å². The van der Waals surface area contributed by atoms with Gasteiger partial charge in [-0.15, -0.1) is 0 Å². The third kappa shape index (κ3) is 14.2. The molecular formula is C18H39N. The predicted molar refractivity (Wildman–Crippen MR) is 88.7 cm³/mol. The zero-order valence-electron chi connectivity index (χ0n) is 14.1. The maximum Gasteiger partial charge on any atom is -0.00205 e. The molecule has 1 nitrogen and oxygen atoms in total. The fraction of sp³-hybridized carbons (Fsp3) is 1.00. The van der Waals surface area contributed by atoms with Gasteiger partial charge in [-0.1, -0.05) is 79.1 Å². The first-order valence-corrected chi connectivity index (χ1v) is 8.91. The van der Waals surface area contributed by atoms with Gasteiger partial charge in [0.25, 0.3) is 0 Å². The van der Waals surface area contributed by atoms with E-state index in [0.717, 1.165) is 18.4 Å². The molecule has 1 N–H and O–H groups in total. The molecule has 0 aliphatic heterocycles. The Kier molecular flexibility index (Phi) is 14.3. The molecule has 0 rings (SSSR count). The van der Waals surface area contributed by atoms with Crippen molar-refractivity contribution in [2.45, 2.75) is 91.9 Å². The van der Waals surface area contributed by atoms with Gasteiger partial charge in [0.05, 0.1) is 0 Å². The number of hydrogen-bond donors (Lipinski definition) is 1. The molecule has 1 heteroatoms. The van der Waals surface area contributed by atoms with Crippen LogP contribution in [0.2, 0.25) is 0 Å². The average molecular weight is 270 g/mol. The smallest absolute Gasteiger partial charge is 0.00205 e. The van der Waals surface area contributed by atoms with E-state index in [1.165, 1.54) is 70.8 Å². The minimum Gasteiger partial charge on any atom is -0.317 e. The van der Waals surface area contributed by atoms with Gasteiger partial charge in [-0.3, -0.25) is 0 Å². The van der Waals surface area contributed by atoms with Crippen LogP contribution in [0.5, 0.6) is 0 Å². The molecule has 0 fully saturated rings. The standard InChI is InChI=1S/C18H39N/c1-5-7-8-9-10-11-12-13-14-18(15-17(3)4)16-19-6-2/h17-19H,5-16H2,1-4H3. The summed E-state index contributed by atoms with van der Waals surface area (Å²) in [6, 6.07) is 0. The summed E-state index contributed by atoms with van der Waals surface area (Å²) in [6.07, 6.45) is 14.3. The van der Waals surface area contributed by atoms with E-state index in [2.05, 4.69) is 33.0 Å². The van der Waals surface area contributed by atoms with Crippen LogP contribution in [0.3, 0.4) is 0 Å². The highest BCUT2D eigenvalue weighted by Gasteiger charge is 2.09. The Bertz CT molecular complexity index is 165. The fourth-order valence-corrected chi connectivity index (χ4v) is 2.89. The summed E-state index contributed by atoms with van der Waals surface area (Å²) in [6.45, 7) is 11.6. The molecule has 1 atom stereocenters. The lowest BCUT2D eigenvalue weighted by Gasteiger charge is -2.19. The molecule has 0 aliphatic carbocycles. The second-order valence-corrected chi connectivity index (χ2v) is 6.57. The minimum absolute atomic E-state index is 0.845. The normalized spacial score (nSPS) is 13.1. The molecule has 0 saturated carbocycles. The third-order valence-corrected chi connectivity index (χ3v) is 3.95. The first-order valence-electron chi connectivity index (χ1n) is 8.91. The van der Waals surface area contributed by atoms with Crippen molar-refractivity contribution >= 4 is 0 Å². The molecule has 19 heavy (non-hydrogen) atoms. The lowest BCUT2D eigenvalue weighted by molar-refractivity contribution is 0.356. The van der Waals surface area contributed by atoms with Crippen molar-refractivity contribution in [3.05, 3.63) is 0 Å². The van der Waals surface area contributed by atoms with Gasteiger partial charge in [-0.2, -0.15) is 0 Å². The Hall–Kier alpha value is -0.0400. The summed E-state index contributed by atoms with van der Waals surface area (Å²) in [4.78, 5) is 0. The summed E-state index contributed by atoms with van der Waals surface area (Å²) in [7, 11) is 0. The second-order valence-electron chi connectivity index (χ2n) is 6.57. The predicted octanol–water partition coefficient (Wildman–Crippen LogP) is 5.79. The highest BCUT2D eigenvalue weighted by molar-refractivity contribution is 4.64. The van der Waals surface area contributed by atoms with Gasteiger partial charge in [0.2, 0.25) is 0 Å². The first kappa shape index (κ1) is 19.0. The van der Waals surface area contributed by atoms with Crippen molar-refractivity contribution in [3.63, 3.8) is 0 Å². The zero-order valence-corrected chi connectivity index (χ0v) is 14.1. The van der Waals surface area contributed by atoms with E-state index < -0.39 is 0 Å². The van der Waals surface area contributed by atoms with Gasteiger partial charge in [-0.25, -0.2) is 0 Å². The maximum absolute atomic E-state index is 3.53. The Morgan fingerprint density at radius 3 is 1.89 bits per heavy atom. The van der Waals surface area contributed by atoms with Crippen LogP contribution in [-0.4, -0.2) is 13.1 Å². The lowest BCUT2D eigenvalue weighted by atomic mass is 9.91. The van der Waals surface area contributed by atoms with Crippen LogP contribution < -0.4 is 5.32 Å². The largest absolute Gasteiger partial charge is 0.317 e. The third-order valence-electron chi connectivity index (χ3n) is 3.95. The summed E-state index contributed by atoms with van der Waals surface area (Å²) in [5.41, 5.74) is 0. The molecule has 0 amide bonds. The van der Waals surface area contributed by atoms with Crippen molar-refractivity contribution in [1.82, 2.24) is 5.32 Å². The van der Waals surface area contributed by atoms with Crippen molar-refractivity contribution in [1.29, 1.82) is 0 Å². The number of nitrogens with one attached hydrogen (secondary N) is 1. The van der Waals surface area contributed by atoms with Crippen LogP contribution in [0.1, 0.15) is 91.9 Å². The molecule has 0 aromatic carbocycles. The monoisotopic (exact) mass is 269 g/mol. The first-order chi connectivity index (χ1) is 9.20. The molecule has 0 bridgehead atoms. The van der Waals surface area contributed by atoms with Gasteiger partial charge < -0.3 is 5.32 Å². The summed E-state index contributed by atoms with van der Waals surface area (Å²) in [5, 5.41) is 3.53. The molecule has 0 spiro atoms. The van der Waals surface area contributed by atoms with Crippen LogP contribution >= 0.6 is 0 Å². The minimum atomic E-state index is 0.845. The number of rotatable bonds is 14. The molecule has 0 radical (unpaired) electrons. The summed E-state index contributed by atoms with van der Waals surface area (Å²) < 4.78 is 0. The summed E-state index contributed by atoms with van der Waals surface area (Å²) >= 11 is 0. The molecule has 116 valence electrons. The second kappa shape index (κ2) is 14.4. The van der Waals surface area contributed by atoms with Crippen molar-refractivity contribution in [2.75, 3.05) is 13.1 Å². The zero-order chi connectivity index (χ0) is 14.3. The molecular weight excluding hydrogens is 230 g/mol. The molecule has 0 saturated heterocycles. The van der Waals surface area contributed by atoms with Crippen molar-refractivity contribution < 1.29 is 0 Å². The van der Waals surface area contributed by atoms with Crippen LogP contribution in [0.4, 0.5) is 0 Å². The Balaban J connectivity index is 3.46. The molecule has 0 aromatic rings. The van der Waals surface area contributed by atoms with Crippen LogP contribution in [0.25, 0.3) is 0 Å². The average Bonchev–Trinajstić information content (AvgIpc) is 2.38. The van der Waals surface area contributed by atoms with E-state index >= 15 is 0 Å². The summed E-state index contributed by atoms with van der Waals surface area (Å²) in [5.74, 6) is 1.75. The highest BCUT2D eigenvalue weighted by Crippen LogP contribution is 2.19. The number of hydrogen-bond acceptors (Lipinski definition) is 1. The van der Waals surface area contributed by atoms with Gasteiger partial charge in [-0.05, 0) is 37.8 Å². The maximum atomic E-state index is 3.53. The molecule has 0 aromatic heterocycles. The molecule has 0 heterocycles. The van der Waals surface area contributed by atoms with Crippen LogP contribution in [0.15, 0.2) is 0 Å². The van der Waals surface area contributed by atoms with E-state index in [1.54, 1.807) is 0 Å². The van der Waals surface area contributed by atoms with Crippen molar-refractivity contribution in [3.8, 4) is 0 Å². The highest BCUT2D eigenvalue weighted by atomic mass is 14.8. The Morgan fingerprint density at radius 1 is 0.789 bits per heavy atom. The van der Waals surface area contributed by atoms with E-state index in [9.17, 15) is 0 Å². The lowest BCUT2D eigenvalue weighted by Crippen LogP contribution is -2.23. The molecule has 0 aliphatic rings. The number of unbranched alkanes of at least 4 members (excludes halogenated alkanes) is 7. The van der Waals surface area contributed by atoms with Crippen LogP contribution in [0, 0.1) is 11.8 Å². The van der Waals surface area contributed by atoms with E-state index in [-0.39, 0.29) is 0 Å². The Morgan fingerprint density at radius 2 is 1.37 bits per heavy atom.